The zero-order valence-electron chi connectivity index (χ0n) is 11.1. The quantitative estimate of drug-likeness (QED) is 0.859. The van der Waals surface area contributed by atoms with E-state index < -0.39 is 5.97 Å². The van der Waals surface area contributed by atoms with E-state index in [0.717, 1.165) is 23.3 Å². The Balaban J connectivity index is 2.43. The molecule has 1 aromatic heterocycles. The summed E-state index contributed by atoms with van der Waals surface area (Å²) in [5.41, 5.74) is 0.871. The van der Waals surface area contributed by atoms with Gasteiger partial charge in [-0.25, -0.2) is 0 Å². The molecule has 0 amide bonds. The van der Waals surface area contributed by atoms with Gasteiger partial charge in [0.2, 0.25) is 0 Å². The van der Waals surface area contributed by atoms with Gasteiger partial charge in [-0.15, -0.1) is 10.2 Å². The Morgan fingerprint density at radius 1 is 1.35 bits per heavy atom. The molecule has 0 bridgehead atoms. The Morgan fingerprint density at radius 2 is 2.00 bits per heavy atom. The van der Waals surface area contributed by atoms with Crippen LogP contribution in [0.25, 0.3) is 5.69 Å². The van der Waals surface area contributed by atoms with Crippen LogP contribution in [0.4, 0.5) is 0 Å². The first kappa shape index (κ1) is 14.9. The molecule has 1 N–H and O–H groups in total. The molecule has 2 aromatic rings. The number of hydrogen-bond donors (Lipinski definition) is 1. The van der Waals surface area contributed by atoms with E-state index in [1.54, 1.807) is 12.1 Å². The molecule has 5 nitrogen and oxygen atoms in total. The zero-order chi connectivity index (χ0) is 14.7. The fourth-order valence-corrected chi connectivity index (χ4v) is 2.51. The molecule has 0 aliphatic heterocycles. The highest BCUT2D eigenvalue weighted by molar-refractivity contribution is 7.99. The standard InChI is InChI=1S/C13H14ClN3O2S/c1-8(2)12-15-16-13(20-7-11(18)19)17(12)10-5-3-9(14)4-6-10/h3-6,8H,7H2,1-2H3,(H,18,19). The van der Waals surface area contributed by atoms with Gasteiger partial charge in [-0.2, -0.15) is 0 Å². The number of aromatic nitrogens is 3. The molecule has 1 heterocycles. The number of rotatable bonds is 5. The van der Waals surface area contributed by atoms with E-state index in [-0.39, 0.29) is 11.7 Å². The van der Waals surface area contributed by atoms with Gasteiger partial charge in [0.05, 0.1) is 5.75 Å². The first-order valence-corrected chi connectivity index (χ1v) is 7.41. The van der Waals surface area contributed by atoms with Crippen molar-refractivity contribution in [2.45, 2.75) is 24.9 Å². The highest BCUT2D eigenvalue weighted by atomic mass is 35.5. The maximum atomic E-state index is 10.7. The Labute approximate surface area is 126 Å². The van der Waals surface area contributed by atoms with Gasteiger partial charge in [0, 0.05) is 16.6 Å². The smallest absolute Gasteiger partial charge is 0.313 e. The van der Waals surface area contributed by atoms with Crippen LogP contribution in [0.15, 0.2) is 29.4 Å². The largest absolute Gasteiger partial charge is 0.481 e. The number of carboxylic acid groups (broad SMARTS) is 1. The molecule has 0 spiro atoms. The average molecular weight is 312 g/mol. The third kappa shape index (κ3) is 3.32. The van der Waals surface area contributed by atoms with E-state index in [1.807, 2.05) is 30.5 Å². The summed E-state index contributed by atoms with van der Waals surface area (Å²) in [6, 6.07) is 7.30. The summed E-state index contributed by atoms with van der Waals surface area (Å²) < 4.78 is 1.87. The summed E-state index contributed by atoms with van der Waals surface area (Å²) in [4.78, 5) is 10.7. The minimum Gasteiger partial charge on any atom is -0.481 e. The fraction of sp³-hybridized carbons (Fsp3) is 0.308. The molecule has 0 aliphatic carbocycles. The number of benzene rings is 1. The SMILES string of the molecule is CC(C)c1nnc(SCC(=O)O)n1-c1ccc(Cl)cc1. The van der Waals surface area contributed by atoms with Crippen LogP contribution in [0, 0.1) is 0 Å². The van der Waals surface area contributed by atoms with Crippen LogP contribution in [0.1, 0.15) is 25.6 Å². The summed E-state index contributed by atoms with van der Waals surface area (Å²) in [5.74, 6) is 0.0356. The van der Waals surface area contributed by atoms with Crippen LogP contribution in [0.3, 0.4) is 0 Å². The second-order valence-electron chi connectivity index (χ2n) is 4.49. The van der Waals surface area contributed by atoms with Crippen LogP contribution >= 0.6 is 23.4 Å². The lowest BCUT2D eigenvalue weighted by Gasteiger charge is -2.11. The van der Waals surface area contributed by atoms with Crippen molar-refractivity contribution in [1.29, 1.82) is 0 Å². The van der Waals surface area contributed by atoms with Gasteiger partial charge in [0.15, 0.2) is 5.16 Å². The van der Waals surface area contributed by atoms with Crippen molar-refractivity contribution >= 4 is 29.3 Å². The maximum Gasteiger partial charge on any atom is 0.313 e. The highest BCUT2D eigenvalue weighted by Gasteiger charge is 2.17. The second-order valence-corrected chi connectivity index (χ2v) is 5.87. The van der Waals surface area contributed by atoms with Gasteiger partial charge in [-0.1, -0.05) is 37.2 Å². The molecule has 0 aliphatic rings. The number of nitrogens with zero attached hydrogens (tertiary/aromatic N) is 3. The van der Waals surface area contributed by atoms with Crippen LogP contribution in [0.5, 0.6) is 0 Å². The van der Waals surface area contributed by atoms with Gasteiger partial charge in [0.25, 0.3) is 0 Å². The summed E-state index contributed by atoms with van der Waals surface area (Å²) in [5, 5.41) is 18.3. The lowest BCUT2D eigenvalue weighted by molar-refractivity contribution is -0.133. The third-order valence-electron chi connectivity index (χ3n) is 2.58. The topological polar surface area (TPSA) is 68.0 Å². The number of halogens is 1. The summed E-state index contributed by atoms with van der Waals surface area (Å²) in [6.07, 6.45) is 0. The molecule has 0 radical (unpaired) electrons. The van der Waals surface area contributed by atoms with E-state index in [1.165, 1.54) is 0 Å². The van der Waals surface area contributed by atoms with Gasteiger partial charge < -0.3 is 5.11 Å². The summed E-state index contributed by atoms with van der Waals surface area (Å²) in [7, 11) is 0. The highest BCUT2D eigenvalue weighted by Crippen LogP contribution is 2.26. The monoisotopic (exact) mass is 311 g/mol. The number of carbonyl (C=O) groups is 1. The molecular formula is C13H14ClN3O2S. The van der Waals surface area contributed by atoms with Gasteiger partial charge in [0.1, 0.15) is 5.82 Å². The fourth-order valence-electron chi connectivity index (χ4n) is 1.71. The molecule has 0 atom stereocenters. The summed E-state index contributed by atoms with van der Waals surface area (Å²) >= 11 is 7.04. The van der Waals surface area contributed by atoms with E-state index in [0.29, 0.717) is 10.2 Å². The normalized spacial score (nSPS) is 11.0. The molecular weight excluding hydrogens is 298 g/mol. The third-order valence-corrected chi connectivity index (χ3v) is 3.75. The van der Waals surface area contributed by atoms with Crippen molar-refractivity contribution in [2.24, 2.45) is 0 Å². The molecule has 1 aromatic carbocycles. The van der Waals surface area contributed by atoms with Gasteiger partial charge in [-0.3, -0.25) is 9.36 Å². The Hall–Kier alpha value is -1.53. The van der Waals surface area contributed by atoms with Crippen LogP contribution < -0.4 is 0 Å². The van der Waals surface area contributed by atoms with E-state index in [4.69, 9.17) is 16.7 Å². The molecule has 0 saturated carbocycles. The predicted molar refractivity (Wildman–Crippen MR) is 78.8 cm³/mol. The Bertz CT molecular complexity index is 611. The van der Waals surface area contributed by atoms with Crippen LogP contribution in [0.2, 0.25) is 5.02 Å². The predicted octanol–water partition coefficient (Wildman–Crippen LogP) is 3.22. The van der Waals surface area contributed by atoms with Crippen LogP contribution in [-0.4, -0.2) is 31.6 Å². The van der Waals surface area contributed by atoms with Gasteiger partial charge in [-0.05, 0) is 24.3 Å². The molecule has 0 fully saturated rings. The van der Waals surface area contributed by atoms with Crippen molar-refractivity contribution in [3.63, 3.8) is 0 Å². The van der Waals surface area contributed by atoms with Crippen molar-refractivity contribution in [1.82, 2.24) is 14.8 Å². The molecule has 7 heteroatoms. The Morgan fingerprint density at radius 3 is 2.55 bits per heavy atom. The average Bonchev–Trinajstić information content (AvgIpc) is 2.81. The lowest BCUT2D eigenvalue weighted by atomic mass is 10.2. The molecule has 106 valence electrons. The Kier molecular flexibility index (Phi) is 4.67. The first-order chi connectivity index (χ1) is 9.49. The summed E-state index contributed by atoms with van der Waals surface area (Å²) in [6.45, 7) is 4.03. The molecule has 0 saturated heterocycles. The van der Waals surface area contributed by atoms with Crippen molar-refractivity contribution in [2.75, 3.05) is 5.75 Å². The second kappa shape index (κ2) is 6.28. The number of aliphatic carboxylic acids is 1. The van der Waals surface area contributed by atoms with Gasteiger partial charge >= 0.3 is 5.97 Å². The lowest BCUT2D eigenvalue weighted by Crippen LogP contribution is -2.06. The number of carboxylic acids is 1. The van der Waals surface area contributed by atoms with E-state index in [2.05, 4.69) is 10.2 Å². The number of hydrogen-bond acceptors (Lipinski definition) is 4. The first-order valence-electron chi connectivity index (χ1n) is 6.05. The number of thioether (sulfide) groups is 1. The molecule has 2 rings (SSSR count). The van der Waals surface area contributed by atoms with Crippen molar-refractivity contribution in [3.8, 4) is 5.69 Å². The minimum absolute atomic E-state index is 0.0518. The van der Waals surface area contributed by atoms with Crippen LogP contribution in [-0.2, 0) is 4.79 Å². The molecule has 20 heavy (non-hydrogen) atoms. The van der Waals surface area contributed by atoms with Crippen molar-refractivity contribution in [3.05, 3.63) is 35.1 Å². The van der Waals surface area contributed by atoms with E-state index >= 15 is 0 Å². The molecule has 0 unspecified atom stereocenters. The van der Waals surface area contributed by atoms with Crippen molar-refractivity contribution < 1.29 is 9.90 Å². The van der Waals surface area contributed by atoms with E-state index in [9.17, 15) is 4.79 Å². The maximum absolute atomic E-state index is 10.7. The minimum atomic E-state index is -0.883. The zero-order valence-corrected chi connectivity index (χ0v) is 12.6.